The highest BCUT2D eigenvalue weighted by Crippen LogP contribution is 2.26. The van der Waals surface area contributed by atoms with Crippen LogP contribution in [0.25, 0.3) is 0 Å². The van der Waals surface area contributed by atoms with E-state index in [4.69, 9.17) is 14.6 Å². The summed E-state index contributed by atoms with van der Waals surface area (Å²) in [7, 11) is 0. The summed E-state index contributed by atoms with van der Waals surface area (Å²) in [5.41, 5.74) is 1.76. The fourth-order valence-corrected chi connectivity index (χ4v) is 3.08. The van der Waals surface area contributed by atoms with E-state index >= 15 is 0 Å². The van der Waals surface area contributed by atoms with Crippen LogP contribution in [0.2, 0.25) is 0 Å². The van der Waals surface area contributed by atoms with E-state index in [1.54, 1.807) is 12.1 Å². The molecule has 28 heavy (non-hydrogen) atoms. The van der Waals surface area contributed by atoms with Crippen LogP contribution in [-0.4, -0.2) is 50.7 Å². The van der Waals surface area contributed by atoms with Crippen molar-refractivity contribution >= 4 is 17.5 Å². The molecule has 0 aromatic heterocycles. The van der Waals surface area contributed by atoms with Crippen molar-refractivity contribution in [3.63, 3.8) is 0 Å². The molecule has 2 aromatic rings. The predicted octanol–water partition coefficient (Wildman–Crippen LogP) is 3.19. The Morgan fingerprint density at radius 2 is 1.93 bits per heavy atom. The highest BCUT2D eigenvalue weighted by Gasteiger charge is 2.21. The molecule has 3 rings (SSSR count). The molecule has 1 aliphatic rings. The minimum absolute atomic E-state index is 0.0726. The van der Waals surface area contributed by atoms with Gasteiger partial charge in [-0.15, -0.1) is 0 Å². The average molecular weight is 388 g/mol. The number of amides is 1. The van der Waals surface area contributed by atoms with Gasteiger partial charge in [0.1, 0.15) is 12.4 Å². The third-order valence-corrected chi connectivity index (χ3v) is 4.56. The molecule has 1 N–H and O–H groups in total. The SMILES string of the molecule is O=C(OCc1ccccc1)N(CCCO)c1ccc(N2CCOCC2)c(F)c1. The maximum Gasteiger partial charge on any atom is 0.414 e. The molecule has 0 radical (unpaired) electrons. The summed E-state index contributed by atoms with van der Waals surface area (Å²) < 4.78 is 25.4. The van der Waals surface area contributed by atoms with Crippen LogP contribution in [0.1, 0.15) is 12.0 Å². The Bertz CT molecular complexity index is 766. The van der Waals surface area contributed by atoms with Gasteiger partial charge in [0.15, 0.2) is 0 Å². The zero-order valence-corrected chi connectivity index (χ0v) is 15.7. The standard InChI is InChI=1S/C21H25FN2O4/c22-19-15-18(7-8-20(19)23-10-13-27-14-11-23)24(9-4-12-25)21(26)28-16-17-5-2-1-3-6-17/h1-3,5-8,15,25H,4,9-14,16H2. The van der Waals surface area contributed by atoms with Gasteiger partial charge in [-0.1, -0.05) is 30.3 Å². The monoisotopic (exact) mass is 388 g/mol. The minimum atomic E-state index is -0.573. The zero-order valence-electron chi connectivity index (χ0n) is 15.7. The van der Waals surface area contributed by atoms with Gasteiger partial charge in [0.2, 0.25) is 0 Å². The molecule has 1 amide bonds. The zero-order chi connectivity index (χ0) is 19.8. The molecule has 7 heteroatoms. The van der Waals surface area contributed by atoms with Crippen LogP contribution >= 0.6 is 0 Å². The van der Waals surface area contributed by atoms with Crippen molar-refractivity contribution in [3.05, 3.63) is 59.9 Å². The van der Waals surface area contributed by atoms with E-state index in [1.807, 2.05) is 35.2 Å². The number of aliphatic hydroxyl groups is 1. The van der Waals surface area contributed by atoms with E-state index in [2.05, 4.69) is 0 Å². The molecule has 1 fully saturated rings. The number of nitrogens with zero attached hydrogens (tertiary/aromatic N) is 2. The lowest BCUT2D eigenvalue weighted by Gasteiger charge is -2.30. The Balaban J connectivity index is 1.72. The highest BCUT2D eigenvalue weighted by molar-refractivity contribution is 5.88. The van der Waals surface area contributed by atoms with Crippen molar-refractivity contribution in [1.29, 1.82) is 0 Å². The van der Waals surface area contributed by atoms with Crippen LogP contribution in [0.4, 0.5) is 20.6 Å². The molecule has 0 bridgehead atoms. The Hall–Kier alpha value is -2.64. The quantitative estimate of drug-likeness (QED) is 0.789. The smallest absolute Gasteiger partial charge is 0.414 e. The van der Waals surface area contributed by atoms with Crippen molar-refractivity contribution in [1.82, 2.24) is 0 Å². The number of ether oxygens (including phenoxy) is 2. The second kappa shape index (κ2) is 10.1. The summed E-state index contributed by atoms with van der Waals surface area (Å²) >= 11 is 0. The molecule has 0 atom stereocenters. The van der Waals surface area contributed by atoms with Crippen molar-refractivity contribution < 1.29 is 23.8 Å². The van der Waals surface area contributed by atoms with Crippen LogP contribution in [0.15, 0.2) is 48.5 Å². The number of hydrogen-bond donors (Lipinski definition) is 1. The number of carbonyl (C=O) groups is 1. The number of aliphatic hydroxyl groups excluding tert-OH is 1. The van der Waals surface area contributed by atoms with Gasteiger partial charge >= 0.3 is 6.09 Å². The first-order valence-corrected chi connectivity index (χ1v) is 9.40. The lowest BCUT2D eigenvalue weighted by molar-refractivity contribution is 0.122. The Morgan fingerprint density at radius 1 is 1.18 bits per heavy atom. The van der Waals surface area contributed by atoms with Crippen molar-refractivity contribution in [2.45, 2.75) is 13.0 Å². The second-order valence-corrected chi connectivity index (χ2v) is 6.50. The lowest BCUT2D eigenvalue weighted by atomic mass is 10.2. The number of morpholine rings is 1. The first-order chi connectivity index (χ1) is 13.7. The van der Waals surface area contributed by atoms with Crippen molar-refractivity contribution in [2.75, 3.05) is 49.3 Å². The molecule has 1 heterocycles. The molecule has 0 unspecified atom stereocenters. The van der Waals surface area contributed by atoms with Gasteiger partial charge in [-0.3, -0.25) is 4.90 Å². The lowest BCUT2D eigenvalue weighted by Crippen LogP contribution is -2.37. The number of benzene rings is 2. The largest absolute Gasteiger partial charge is 0.444 e. The van der Waals surface area contributed by atoms with Crippen LogP contribution in [-0.2, 0) is 16.1 Å². The summed E-state index contributed by atoms with van der Waals surface area (Å²) in [5, 5.41) is 9.15. The van der Waals surface area contributed by atoms with Gasteiger partial charge in [-0.25, -0.2) is 9.18 Å². The molecule has 0 saturated carbocycles. The Kier molecular flexibility index (Phi) is 7.22. The van der Waals surface area contributed by atoms with Gasteiger partial charge in [-0.2, -0.15) is 0 Å². The topological polar surface area (TPSA) is 62.2 Å². The molecular formula is C21H25FN2O4. The second-order valence-electron chi connectivity index (χ2n) is 6.50. The molecule has 2 aromatic carbocycles. The van der Waals surface area contributed by atoms with Gasteiger partial charge in [-0.05, 0) is 30.2 Å². The molecule has 1 aliphatic heterocycles. The van der Waals surface area contributed by atoms with Crippen LogP contribution in [0.5, 0.6) is 0 Å². The molecule has 1 saturated heterocycles. The van der Waals surface area contributed by atoms with Crippen LogP contribution in [0.3, 0.4) is 0 Å². The number of rotatable bonds is 7. The summed E-state index contributed by atoms with van der Waals surface area (Å²) in [6, 6.07) is 14.1. The van der Waals surface area contributed by atoms with E-state index in [9.17, 15) is 9.18 Å². The third-order valence-electron chi connectivity index (χ3n) is 4.56. The minimum Gasteiger partial charge on any atom is -0.444 e. The molecule has 0 spiro atoms. The van der Waals surface area contributed by atoms with E-state index in [0.29, 0.717) is 44.1 Å². The van der Waals surface area contributed by atoms with Crippen molar-refractivity contribution in [3.8, 4) is 0 Å². The summed E-state index contributed by atoms with van der Waals surface area (Å²) in [6.07, 6.45) is -0.205. The van der Waals surface area contributed by atoms with Gasteiger partial charge in [0.05, 0.1) is 24.6 Å². The Labute approximate surface area is 164 Å². The molecular weight excluding hydrogens is 363 g/mol. The normalized spacial score (nSPS) is 14.0. The van der Waals surface area contributed by atoms with E-state index in [0.717, 1.165) is 5.56 Å². The molecule has 6 nitrogen and oxygen atoms in total. The third kappa shape index (κ3) is 5.21. The van der Waals surface area contributed by atoms with E-state index in [-0.39, 0.29) is 19.8 Å². The maximum absolute atomic E-state index is 14.7. The first-order valence-electron chi connectivity index (χ1n) is 9.40. The van der Waals surface area contributed by atoms with E-state index in [1.165, 1.54) is 11.0 Å². The fraction of sp³-hybridized carbons (Fsp3) is 0.381. The summed E-state index contributed by atoms with van der Waals surface area (Å²) in [5.74, 6) is -0.399. The van der Waals surface area contributed by atoms with Gasteiger partial charge in [0.25, 0.3) is 0 Å². The van der Waals surface area contributed by atoms with E-state index < -0.39 is 11.9 Å². The molecule has 150 valence electrons. The number of hydrogen-bond acceptors (Lipinski definition) is 5. The van der Waals surface area contributed by atoms with Crippen LogP contribution in [0, 0.1) is 5.82 Å². The fourth-order valence-electron chi connectivity index (χ4n) is 3.08. The van der Waals surface area contributed by atoms with Crippen LogP contribution < -0.4 is 9.80 Å². The van der Waals surface area contributed by atoms with Crippen molar-refractivity contribution in [2.24, 2.45) is 0 Å². The maximum atomic E-state index is 14.7. The first kappa shape index (κ1) is 20.1. The number of anilines is 2. The summed E-state index contributed by atoms with van der Waals surface area (Å²) in [6.45, 7) is 2.68. The molecule has 0 aliphatic carbocycles. The predicted molar refractivity (Wildman–Crippen MR) is 105 cm³/mol. The highest BCUT2D eigenvalue weighted by atomic mass is 19.1. The Morgan fingerprint density at radius 3 is 2.61 bits per heavy atom. The number of carbonyl (C=O) groups excluding carboxylic acids is 1. The van der Waals surface area contributed by atoms with Gasteiger partial charge < -0.3 is 19.5 Å². The average Bonchev–Trinajstić information content (AvgIpc) is 2.74. The summed E-state index contributed by atoms with van der Waals surface area (Å²) in [4.78, 5) is 15.9. The number of halogens is 1. The van der Waals surface area contributed by atoms with Gasteiger partial charge in [0, 0.05) is 26.2 Å².